The van der Waals surface area contributed by atoms with E-state index in [1.807, 2.05) is 0 Å². The minimum absolute atomic E-state index is 0.830. The molecule has 1 aliphatic carbocycles. The minimum atomic E-state index is -0.978. The lowest BCUT2D eigenvalue weighted by atomic mass is 9.98. The molecule has 0 heterocycles. The largest absolute Gasteiger partial charge is 0.478 e. The first-order valence-electron chi connectivity index (χ1n) is 3.64. The maximum atomic E-state index is 10.2. The first-order valence-corrected chi connectivity index (χ1v) is 3.64. The van der Waals surface area contributed by atoms with Crippen molar-refractivity contribution in [3.05, 3.63) is 0 Å². The number of carboxylic acid groups (broad SMARTS) is 1. The van der Waals surface area contributed by atoms with E-state index in [9.17, 15) is 4.79 Å². The summed E-state index contributed by atoms with van der Waals surface area (Å²) in [6.45, 7) is 1.46. The molecule has 0 aromatic rings. The van der Waals surface area contributed by atoms with Crippen molar-refractivity contribution < 1.29 is 14.7 Å². The van der Waals surface area contributed by atoms with E-state index < -0.39 is 12.1 Å². The number of nitrogens with zero attached hydrogens (tertiary/aromatic N) is 1. The van der Waals surface area contributed by atoms with E-state index in [0.29, 0.717) is 0 Å². The van der Waals surface area contributed by atoms with Crippen LogP contribution in [0.5, 0.6) is 0 Å². The van der Waals surface area contributed by atoms with E-state index in [2.05, 4.69) is 5.16 Å². The first-order chi connectivity index (χ1) is 5.20. The Labute approximate surface area is 64.8 Å². The van der Waals surface area contributed by atoms with E-state index in [4.69, 9.17) is 9.94 Å². The maximum Gasteiger partial charge on any atom is 0.347 e. The van der Waals surface area contributed by atoms with Gasteiger partial charge in [0.15, 0.2) is 0 Å². The predicted molar refractivity (Wildman–Crippen MR) is 39.5 cm³/mol. The van der Waals surface area contributed by atoms with Crippen molar-refractivity contribution >= 4 is 11.7 Å². The summed E-state index contributed by atoms with van der Waals surface area (Å²) in [7, 11) is 0. The maximum absolute atomic E-state index is 10.2. The highest BCUT2D eigenvalue weighted by molar-refractivity contribution is 5.88. The number of aliphatic carboxylic acids is 1. The molecule has 1 fully saturated rings. The zero-order valence-electron chi connectivity index (χ0n) is 6.41. The van der Waals surface area contributed by atoms with Gasteiger partial charge in [-0.1, -0.05) is 5.16 Å². The van der Waals surface area contributed by atoms with Crippen molar-refractivity contribution in [2.45, 2.75) is 32.3 Å². The van der Waals surface area contributed by atoms with Gasteiger partial charge in [0.2, 0.25) is 6.10 Å². The molecule has 0 saturated heterocycles. The van der Waals surface area contributed by atoms with Gasteiger partial charge in [0.1, 0.15) is 0 Å². The highest BCUT2D eigenvalue weighted by Crippen LogP contribution is 2.14. The highest BCUT2D eigenvalue weighted by Gasteiger charge is 2.14. The van der Waals surface area contributed by atoms with Gasteiger partial charge in [-0.25, -0.2) is 4.79 Å². The summed E-state index contributed by atoms with van der Waals surface area (Å²) in [6.07, 6.45) is 2.21. The Morgan fingerprint density at radius 1 is 1.73 bits per heavy atom. The average molecular weight is 157 g/mol. The Hall–Kier alpha value is -1.06. The van der Waals surface area contributed by atoms with Crippen LogP contribution in [0.1, 0.15) is 26.2 Å². The molecule has 1 rings (SSSR count). The minimum Gasteiger partial charge on any atom is -0.478 e. The topological polar surface area (TPSA) is 58.9 Å². The summed E-state index contributed by atoms with van der Waals surface area (Å²) in [5.74, 6) is -0.978. The van der Waals surface area contributed by atoms with Crippen molar-refractivity contribution in [2.24, 2.45) is 5.16 Å². The SMILES string of the molecule is CC(ON=C1CCC1)C(=O)O. The molecule has 62 valence electrons. The van der Waals surface area contributed by atoms with E-state index in [1.165, 1.54) is 6.92 Å². The molecule has 4 heteroatoms. The summed E-state index contributed by atoms with van der Waals surface area (Å²) >= 11 is 0. The lowest BCUT2D eigenvalue weighted by Gasteiger charge is -2.14. The van der Waals surface area contributed by atoms with Gasteiger partial charge in [-0.15, -0.1) is 0 Å². The van der Waals surface area contributed by atoms with Crippen LogP contribution in [0.2, 0.25) is 0 Å². The fourth-order valence-electron chi connectivity index (χ4n) is 0.625. The number of hydrogen-bond donors (Lipinski definition) is 1. The van der Waals surface area contributed by atoms with Crippen LogP contribution >= 0.6 is 0 Å². The molecule has 1 atom stereocenters. The van der Waals surface area contributed by atoms with Gasteiger partial charge in [-0.3, -0.25) is 0 Å². The van der Waals surface area contributed by atoms with Crippen LogP contribution in [0.4, 0.5) is 0 Å². The van der Waals surface area contributed by atoms with E-state index in [1.54, 1.807) is 0 Å². The number of carboxylic acids is 1. The zero-order chi connectivity index (χ0) is 8.27. The van der Waals surface area contributed by atoms with Crippen LogP contribution in [0.15, 0.2) is 5.16 Å². The van der Waals surface area contributed by atoms with Gasteiger partial charge in [-0.2, -0.15) is 0 Å². The smallest absolute Gasteiger partial charge is 0.347 e. The van der Waals surface area contributed by atoms with Crippen molar-refractivity contribution in [3.8, 4) is 0 Å². The molecular formula is C7H11NO3. The third kappa shape index (κ3) is 2.22. The van der Waals surface area contributed by atoms with E-state index >= 15 is 0 Å². The van der Waals surface area contributed by atoms with Gasteiger partial charge in [0.25, 0.3) is 0 Å². The summed E-state index contributed by atoms with van der Waals surface area (Å²) < 4.78 is 0. The molecule has 0 spiro atoms. The van der Waals surface area contributed by atoms with Crippen molar-refractivity contribution in [3.63, 3.8) is 0 Å². The summed E-state index contributed by atoms with van der Waals surface area (Å²) in [5.41, 5.74) is 0.970. The molecule has 0 amide bonds. The van der Waals surface area contributed by atoms with Crippen LogP contribution in [-0.2, 0) is 9.63 Å². The third-order valence-electron chi connectivity index (χ3n) is 1.62. The Morgan fingerprint density at radius 2 is 2.36 bits per heavy atom. The fourth-order valence-corrected chi connectivity index (χ4v) is 0.625. The Morgan fingerprint density at radius 3 is 2.73 bits per heavy atom. The van der Waals surface area contributed by atoms with Gasteiger partial charge in [-0.05, 0) is 26.2 Å². The molecule has 0 bridgehead atoms. The van der Waals surface area contributed by atoms with Crippen LogP contribution in [-0.4, -0.2) is 22.9 Å². The number of carbonyl (C=O) groups is 1. The Balaban J connectivity index is 2.25. The van der Waals surface area contributed by atoms with Gasteiger partial charge >= 0.3 is 5.97 Å². The molecule has 1 N–H and O–H groups in total. The monoisotopic (exact) mass is 157 g/mol. The molecule has 0 aromatic carbocycles. The van der Waals surface area contributed by atoms with Crippen LogP contribution in [0, 0.1) is 0 Å². The highest BCUT2D eigenvalue weighted by atomic mass is 16.6. The average Bonchev–Trinajstić information content (AvgIpc) is 1.83. The third-order valence-corrected chi connectivity index (χ3v) is 1.62. The second kappa shape index (κ2) is 3.37. The number of rotatable bonds is 3. The normalized spacial score (nSPS) is 18.5. The summed E-state index contributed by atoms with van der Waals surface area (Å²) in [6, 6.07) is 0. The van der Waals surface area contributed by atoms with E-state index in [-0.39, 0.29) is 0 Å². The van der Waals surface area contributed by atoms with Crippen molar-refractivity contribution in [1.82, 2.24) is 0 Å². The molecule has 0 radical (unpaired) electrons. The Bertz CT molecular complexity index is 182. The standard InChI is InChI=1S/C7H11NO3/c1-5(7(9)10)11-8-6-3-2-4-6/h5H,2-4H2,1H3,(H,9,10). The second-order valence-corrected chi connectivity index (χ2v) is 2.60. The molecule has 4 nitrogen and oxygen atoms in total. The lowest BCUT2D eigenvalue weighted by molar-refractivity contribution is -0.149. The second-order valence-electron chi connectivity index (χ2n) is 2.60. The number of oxime groups is 1. The number of hydrogen-bond acceptors (Lipinski definition) is 3. The van der Waals surface area contributed by atoms with E-state index in [0.717, 1.165) is 25.0 Å². The van der Waals surface area contributed by atoms with Gasteiger partial charge in [0, 0.05) is 0 Å². The molecule has 1 saturated carbocycles. The Kier molecular flexibility index (Phi) is 2.46. The first kappa shape index (κ1) is 8.04. The van der Waals surface area contributed by atoms with Crippen molar-refractivity contribution in [2.75, 3.05) is 0 Å². The van der Waals surface area contributed by atoms with Crippen molar-refractivity contribution in [1.29, 1.82) is 0 Å². The molecule has 0 aromatic heterocycles. The van der Waals surface area contributed by atoms with Crippen LogP contribution in [0.3, 0.4) is 0 Å². The molecule has 11 heavy (non-hydrogen) atoms. The van der Waals surface area contributed by atoms with Crippen LogP contribution in [0.25, 0.3) is 0 Å². The molecule has 1 unspecified atom stereocenters. The lowest BCUT2D eigenvalue weighted by Crippen LogP contribution is -2.19. The zero-order valence-corrected chi connectivity index (χ0v) is 6.41. The molecular weight excluding hydrogens is 146 g/mol. The fraction of sp³-hybridized carbons (Fsp3) is 0.714. The van der Waals surface area contributed by atoms with Gasteiger partial charge < -0.3 is 9.94 Å². The van der Waals surface area contributed by atoms with Gasteiger partial charge in [0.05, 0.1) is 5.71 Å². The quantitative estimate of drug-likeness (QED) is 0.622. The predicted octanol–water partition coefficient (Wildman–Crippen LogP) is 1.02. The van der Waals surface area contributed by atoms with Crippen LogP contribution < -0.4 is 0 Å². The molecule has 0 aliphatic heterocycles. The summed E-state index contributed by atoms with van der Waals surface area (Å²) in [4.78, 5) is 14.9. The summed E-state index contributed by atoms with van der Waals surface area (Å²) in [5, 5.41) is 12.1. The molecule has 1 aliphatic rings.